The van der Waals surface area contributed by atoms with E-state index in [9.17, 15) is 9.90 Å². The molecular weight excluding hydrogens is 194 g/mol. The minimum atomic E-state index is -0.321. The van der Waals surface area contributed by atoms with E-state index in [-0.39, 0.29) is 18.1 Å². The smallest absolute Gasteiger partial charge is 0.309 e. The first kappa shape index (κ1) is 11.2. The zero-order valence-corrected chi connectivity index (χ0v) is 8.73. The summed E-state index contributed by atoms with van der Waals surface area (Å²) in [6.45, 7) is 1.83. The number of aromatic hydroxyl groups is 1. The minimum Gasteiger partial charge on any atom is -0.506 e. The second-order valence-electron chi connectivity index (χ2n) is 3.04. The summed E-state index contributed by atoms with van der Waals surface area (Å²) in [4.78, 5) is 14.9. The monoisotopic (exact) mass is 207 g/mol. The molecule has 1 rings (SSSR count). The van der Waals surface area contributed by atoms with Crippen molar-refractivity contribution >= 4 is 12.0 Å². The zero-order chi connectivity index (χ0) is 11.3. The third-order valence-corrected chi connectivity index (χ3v) is 1.83. The molecule has 80 valence electrons. The van der Waals surface area contributed by atoms with E-state index in [1.54, 1.807) is 24.3 Å². The zero-order valence-electron chi connectivity index (χ0n) is 8.73. The van der Waals surface area contributed by atoms with Crippen LogP contribution in [0.25, 0.3) is 6.08 Å². The second kappa shape index (κ2) is 5.14. The fraction of sp³-hybridized carbons (Fsp3) is 0.273. The Morgan fingerprint density at radius 3 is 3.00 bits per heavy atom. The van der Waals surface area contributed by atoms with Gasteiger partial charge in [0.25, 0.3) is 0 Å². The number of hydrogen-bond donors (Lipinski definition) is 1. The van der Waals surface area contributed by atoms with E-state index in [4.69, 9.17) is 0 Å². The maximum Gasteiger partial charge on any atom is 0.309 e. The summed E-state index contributed by atoms with van der Waals surface area (Å²) in [5.74, 6) is -0.222. The molecule has 0 unspecified atom stereocenters. The molecule has 4 heteroatoms. The number of esters is 1. The van der Waals surface area contributed by atoms with Crippen LogP contribution >= 0.6 is 0 Å². The lowest BCUT2D eigenvalue weighted by atomic mass is 10.2. The number of ether oxygens (including phenoxy) is 1. The Bertz CT molecular complexity index is 385. The number of carbonyl (C=O) groups is 1. The van der Waals surface area contributed by atoms with Gasteiger partial charge in [0.15, 0.2) is 0 Å². The molecule has 0 aromatic carbocycles. The standard InChI is InChI=1S/C11H13NO3/c1-8-6-7-10(13)9(12-8)4-3-5-11(14)15-2/h3-4,6-7,13H,5H2,1-2H3. The van der Waals surface area contributed by atoms with Crippen LogP contribution in [0.3, 0.4) is 0 Å². The van der Waals surface area contributed by atoms with Crippen LogP contribution in [0.5, 0.6) is 5.75 Å². The summed E-state index contributed by atoms with van der Waals surface area (Å²) >= 11 is 0. The molecule has 15 heavy (non-hydrogen) atoms. The molecule has 0 bridgehead atoms. The summed E-state index contributed by atoms with van der Waals surface area (Å²) in [5, 5.41) is 9.43. The quantitative estimate of drug-likeness (QED) is 0.766. The third kappa shape index (κ3) is 3.42. The molecule has 0 aliphatic rings. The van der Waals surface area contributed by atoms with Gasteiger partial charge in [0.2, 0.25) is 0 Å². The predicted molar refractivity (Wildman–Crippen MR) is 56.3 cm³/mol. The van der Waals surface area contributed by atoms with E-state index in [0.717, 1.165) is 5.69 Å². The van der Waals surface area contributed by atoms with Crippen LogP contribution in [-0.2, 0) is 9.53 Å². The van der Waals surface area contributed by atoms with Crippen molar-refractivity contribution in [2.24, 2.45) is 0 Å². The van der Waals surface area contributed by atoms with Gasteiger partial charge in [0.05, 0.1) is 13.5 Å². The molecule has 0 aliphatic heterocycles. The molecule has 0 saturated carbocycles. The highest BCUT2D eigenvalue weighted by Gasteiger charge is 1.99. The van der Waals surface area contributed by atoms with Gasteiger partial charge >= 0.3 is 5.97 Å². The van der Waals surface area contributed by atoms with E-state index in [0.29, 0.717) is 5.69 Å². The largest absolute Gasteiger partial charge is 0.506 e. The fourth-order valence-electron chi connectivity index (χ4n) is 1.04. The topological polar surface area (TPSA) is 59.4 Å². The molecule has 1 aromatic heterocycles. The van der Waals surface area contributed by atoms with Gasteiger partial charge in [-0.3, -0.25) is 4.79 Å². The maximum absolute atomic E-state index is 10.8. The van der Waals surface area contributed by atoms with Gasteiger partial charge in [-0.1, -0.05) is 6.08 Å². The van der Waals surface area contributed by atoms with E-state index < -0.39 is 0 Å². The van der Waals surface area contributed by atoms with E-state index in [1.807, 2.05) is 6.92 Å². The van der Waals surface area contributed by atoms with Gasteiger partial charge in [-0.25, -0.2) is 4.98 Å². The van der Waals surface area contributed by atoms with Gasteiger partial charge in [-0.2, -0.15) is 0 Å². The van der Waals surface area contributed by atoms with Crippen molar-refractivity contribution in [2.45, 2.75) is 13.3 Å². The van der Waals surface area contributed by atoms with Crippen molar-refractivity contribution in [3.63, 3.8) is 0 Å². The SMILES string of the molecule is COC(=O)CC=Cc1nc(C)ccc1O. The van der Waals surface area contributed by atoms with Crippen LogP contribution in [-0.4, -0.2) is 23.2 Å². The highest BCUT2D eigenvalue weighted by Crippen LogP contribution is 2.16. The van der Waals surface area contributed by atoms with Crippen LogP contribution in [0.2, 0.25) is 0 Å². The Morgan fingerprint density at radius 2 is 2.33 bits per heavy atom. The molecular formula is C11H13NO3. The Balaban J connectivity index is 2.71. The summed E-state index contributed by atoms with van der Waals surface area (Å²) < 4.78 is 4.47. The van der Waals surface area contributed by atoms with Crippen LogP contribution in [0.15, 0.2) is 18.2 Å². The molecule has 0 amide bonds. The Hall–Kier alpha value is -1.84. The average Bonchev–Trinajstić information content (AvgIpc) is 2.23. The lowest BCUT2D eigenvalue weighted by Gasteiger charge is -1.99. The van der Waals surface area contributed by atoms with Gasteiger partial charge in [0, 0.05) is 5.69 Å². The van der Waals surface area contributed by atoms with Crippen molar-refractivity contribution in [2.75, 3.05) is 7.11 Å². The third-order valence-electron chi connectivity index (χ3n) is 1.83. The lowest BCUT2D eigenvalue weighted by Crippen LogP contribution is -1.96. The molecule has 0 spiro atoms. The summed E-state index contributed by atoms with van der Waals surface area (Å²) in [6.07, 6.45) is 3.37. The van der Waals surface area contributed by atoms with Gasteiger partial charge < -0.3 is 9.84 Å². The van der Waals surface area contributed by atoms with E-state index in [1.165, 1.54) is 7.11 Å². The number of hydrogen-bond acceptors (Lipinski definition) is 4. The van der Waals surface area contributed by atoms with E-state index in [2.05, 4.69) is 9.72 Å². The van der Waals surface area contributed by atoms with Gasteiger partial charge in [-0.15, -0.1) is 0 Å². The summed E-state index contributed by atoms with van der Waals surface area (Å²) in [6, 6.07) is 3.28. The highest BCUT2D eigenvalue weighted by atomic mass is 16.5. The molecule has 0 atom stereocenters. The number of carbonyl (C=O) groups excluding carboxylic acids is 1. The Kier molecular flexibility index (Phi) is 3.85. The van der Waals surface area contributed by atoms with Gasteiger partial charge in [-0.05, 0) is 25.1 Å². The van der Waals surface area contributed by atoms with Crippen molar-refractivity contribution < 1.29 is 14.6 Å². The van der Waals surface area contributed by atoms with Crippen molar-refractivity contribution in [1.82, 2.24) is 4.98 Å². The second-order valence-corrected chi connectivity index (χ2v) is 3.04. The van der Waals surface area contributed by atoms with Crippen LogP contribution in [0.1, 0.15) is 17.8 Å². The van der Waals surface area contributed by atoms with E-state index >= 15 is 0 Å². The molecule has 0 aliphatic carbocycles. The first-order chi connectivity index (χ1) is 7.13. The first-order valence-corrected chi connectivity index (χ1v) is 4.53. The molecule has 0 fully saturated rings. The number of rotatable bonds is 3. The van der Waals surface area contributed by atoms with Crippen LogP contribution < -0.4 is 0 Å². The predicted octanol–water partition coefficient (Wildman–Crippen LogP) is 1.67. The van der Waals surface area contributed by atoms with Crippen molar-refractivity contribution in [1.29, 1.82) is 0 Å². The molecule has 0 saturated heterocycles. The number of aromatic nitrogens is 1. The maximum atomic E-state index is 10.8. The first-order valence-electron chi connectivity index (χ1n) is 4.53. The molecule has 1 N–H and O–H groups in total. The Morgan fingerprint density at radius 1 is 1.60 bits per heavy atom. The number of methoxy groups -OCH3 is 1. The number of nitrogens with zero attached hydrogens (tertiary/aromatic N) is 1. The normalized spacial score (nSPS) is 10.5. The molecule has 0 radical (unpaired) electrons. The van der Waals surface area contributed by atoms with Crippen molar-refractivity contribution in [3.8, 4) is 5.75 Å². The van der Waals surface area contributed by atoms with Crippen LogP contribution in [0, 0.1) is 6.92 Å². The van der Waals surface area contributed by atoms with Crippen LogP contribution in [0.4, 0.5) is 0 Å². The minimum absolute atomic E-state index is 0.0988. The fourth-order valence-corrected chi connectivity index (χ4v) is 1.04. The summed E-state index contributed by atoms with van der Waals surface area (Å²) in [7, 11) is 1.33. The van der Waals surface area contributed by atoms with Gasteiger partial charge in [0.1, 0.15) is 11.4 Å². The average molecular weight is 207 g/mol. The van der Waals surface area contributed by atoms with Crippen molar-refractivity contribution in [3.05, 3.63) is 29.6 Å². The molecule has 1 heterocycles. The number of aryl methyl sites for hydroxylation is 1. The highest BCUT2D eigenvalue weighted by molar-refractivity contribution is 5.72. The number of pyridine rings is 1. The lowest BCUT2D eigenvalue weighted by molar-refractivity contribution is -0.139. The molecule has 4 nitrogen and oxygen atoms in total. The summed E-state index contributed by atoms with van der Waals surface area (Å²) in [5.41, 5.74) is 1.27. The molecule has 1 aromatic rings. The Labute approximate surface area is 88.2 Å².